The Hall–Kier alpha value is -3.91. The third kappa shape index (κ3) is 4.97. The molecule has 8 heteroatoms. The number of rotatable bonds is 7. The summed E-state index contributed by atoms with van der Waals surface area (Å²) in [7, 11) is -2.45. The molecule has 3 aromatic carbocycles. The number of aromatic amines is 1. The van der Waals surface area contributed by atoms with E-state index in [2.05, 4.69) is 10.3 Å². The van der Waals surface area contributed by atoms with Gasteiger partial charge >= 0.3 is 0 Å². The van der Waals surface area contributed by atoms with Gasteiger partial charge < -0.3 is 10.3 Å². The number of nitrogens with one attached hydrogen (secondary N) is 2. The van der Waals surface area contributed by atoms with Crippen molar-refractivity contribution >= 4 is 32.5 Å². The molecule has 0 saturated carbocycles. The number of anilines is 1. The first-order valence-electron chi connectivity index (χ1n) is 11.2. The molecular formula is C27H27N3O4S. The third-order valence-corrected chi connectivity index (χ3v) is 7.93. The van der Waals surface area contributed by atoms with Gasteiger partial charge in [-0.3, -0.25) is 13.9 Å². The molecule has 7 nitrogen and oxygen atoms in total. The summed E-state index contributed by atoms with van der Waals surface area (Å²) in [6.07, 6.45) is 1.99. The molecule has 0 aliphatic rings. The van der Waals surface area contributed by atoms with Gasteiger partial charge in [-0.15, -0.1) is 0 Å². The molecule has 35 heavy (non-hydrogen) atoms. The molecular weight excluding hydrogens is 462 g/mol. The van der Waals surface area contributed by atoms with Crippen molar-refractivity contribution < 1.29 is 13.2 Å². The SMILES string of the molecule is Cc1ccc(N(C)S(=O)(=O)c2ccc3[nH]cc(C(=O)NCCc4ccccc4)c(=O)c3c2)cc1C. The lowest BCUT2D eigenvalue weighted by Gasteiger charge is -2.20. The van der Waals surface area contributed by atoms with E-state index in [0.29, 0.717) is 24.2 Å². The van der Waals surface area contributed by atoms with Crippen molar-refractivity contribution in [1.29, 1.82) is 0 Å². The molecule has 0 bridgehead atoms. The third-order valence-electron chi connectivity index (χ3n) is 6.15. The minimum absolute atomic E-state index is 0.0298. The summed E-state index contributed by atoms with van der Waals surface area (Å²) in [6, 6.07) is 19.4. The van der Waals surface area contributed by atoms with Gasteiger partial charge in [-0.25, -0.2) is 8.42 Å². The highest BCUT2D eigenvalue weighted by Crippen LogP contribution is 2.25. The van der Waals surface area contributed by atoms with Gasteiger partial charge in [0, 0.05) is 30.7 Å². The van der Waals surface area contributed by atoms with Gasteiger partial charge in [0.05, 0.1) is 10.6 Å². The largest absolute Gasteiger partial charge is 0.360 e. The molecule has 1 aromatic heterocycles. The van der Waals surface area contributed by atoms with E-state index in [0.717, 1.165) is 16.7 Å². The van der Waals surface area contributed by atoms with Gasteiger partial charge in [0.25, 0.3) is 15.9 Å². The highest BCUT2D eigenvalue weighted by Gasteiger charge is 2.23. The number of fused-ring (bicyclic) bond motifs is 1. The van der Waals surface area contributed by atoms with Crippen LogP contribution in [0.5, 0.6) is 0 Å². The molecule has 1 heterocycles. The number of nitrogens with zero attached hydrogens (tertiary/aromatic N) is 1. The minimum Gasteiger partial charge on any atom is -0.360 e. The number of aromatic nitrogens is 1. The predicted octanol–water partition coefficient (Wildman–Crippen LogP) is 3.94. The Morgan fingerprint density at radius 3 is 2.43 bits per heavy atom. The van der Waals surface area contributed by atoms with Crippen LogP contribution >= 0.6 is 0 Å². The number of carbonyl (C=O) groups is 1. The number of benzene rings is 3. The van der Waals surface area contributed by atoms with Crippen LogP contribution in [0, 0.1) is 13.8 Å². The normalized spacial score (nSPS) is 11.4. The highest BCUT2D eigenvalue weighted by molar-refractivity contribution is 7.92. The van der Waals surface area contributed by atoms with Crippen LogP contribution in [0.2, 0.25) is 0 Å². The first-order valence-corrected chi connectivity index (χ1v) is 12.7. The van der Waals surface area contributed by atoms with Crippen LogP contribution in [0.25, 0.3) is 10.9 Å². The average Bonchev–Trinajstić information content (AvgIpc) is 2.86. The molecule has 0 fully saturated rings. The number of carbonyl (C=O) groups excluding carboxylic acids is 1. The van der Waals surface area contributed by atoms with Gasteiger partial charge in [-0.05, 0) is 67.3 Å². The second-order valence-corrected chi connectivity index (χ2v) is 10.4. The molecule has 0 saturated heterocycles. The molecule has 2 N–H and O–H groups in total. The zero-order valence-corrected chi connectivity index (χ0v) is 20.6. The van der Waals surface area contributed by atoms with E-state index in [-0.39, 0.29) is 15.8 Å². The molecule has 0 aliphatic carbocycles. The Balaban J connectivity index is 1.61. The Morgan fingerprint density at radius 2 is 1.71 bits per heavy atom. The molecule has 4 aromatic rings. The molecule has 4 rings (SSSR count). The van der Waals surface area contributed by atoms with E-state index in [9.17, 15) is 18.0 Å². The van der Waals surface area contributed by atoms with E-state index in [1.807, 2.05) is 50.2 Å². The van der Waals surface area contributed by atoms with Crippen LogP contribution in [0.3, 0.4) is 0 Å². The number of pyridine rings is 1. The highest BCUT2D eigenvalue weighted by atomic mass is 32.2. The fourth-order valence-electron chi connectivity index (χ4n) is 3.81. The van der Waals surface area contributed by atoms with Crippen LogP contribution in [-0.4, -0.2) is 32.9 Å². The Bertz CT molecular complexity index is 1560. The molecule has 180 valence electrons. The van der Waals surface area contributed by atoms with Crippen LogP contribution in [0.15, 0.2) is 82.6 Å². The first kappa shape index (κ1) is 24.2. The van der Waals surface area contributed by atoms with Crippen molar-refractivity contribution in [3.8, 4) is 0 Å². The summed E-state index contributed by atoms with van der Waals surface area (Å²) in [5, 5.41) is 2.90. The van der Waals surface area contributed by atoms with E-state index in [4.69, 9.17) is 0 Å². The minimum atomic E-state index is -3.93. The topological polar surface area (TPSA) is 99.3 Å². The fourth-order valence-corrected chi connectivity index (χ4v) is 5.02. The molecule has 0 unspecified atom stereocenters. The number of amides is 1. The molecule has 0 aliphatic heterocycles. The first-order chi connectivity index (χ1) is 16.7. The fraction of sp³-hybridized carbons (Fsp3) is 0.185. The van der Waals surface area contributed by atoms with E-state index < -0.39 is 21.4 Å². The zero-order chi connectivity index (χ0) is 25.2. The maximum Gasteiger partial charge on any atom is 0.264 e. The van der Waals surface area contributed by atoms with E-state index in [1.54, 1.807) is 12.1 Å². The smallest absolute Gasteiger partial charge is 0.264 e. The van der Waals surface area contributed by atoms with Crippen molar-refractivity contribution in [1.82, 2.24) is 10.3 Å². The number of aryl methyl sites for hydroxylation is 2. The standard InChI is InChI=1S/C27H27N3O4S/c1-18-9-10-21(15-19(18)2)30(3)35(33,34)22-11-12-25-23(16-22)26(31)24(17-29-25)27(32)28-14-13-20-7-5-4-6-8-20/h4-12,15-17H,13-14H2,1-3H3,(H,28,32)(H,29,31). The molecule has 1 amide bonds. The maximum atomic E-state index is 13.3. The summed E-state index contributed by atoms with van der Waals surface area (Å²) >= 11 is 0. The zero-order valence-electron chi connectivity index (χ0n) is 19.8. The summed E-state index contributed by atoms with van der Waals surface area (Å²) in [6.45, 7) is 4.25. The van der Waals surface area contributed by atoms with E-state index in [1.165, 1.54) is 35.7 Å². The summed E-state index contributed by atoms with van der Waals surface area (Å²) in [4.78, 5) is 28.7. The van der Waals surface area contributed by atoms with Crippen molar-refractivity contribution in [3.05, 3.63) is 105 Å². The second-order valence-electron chi connectivity index (χ2n) is 8.47. The molecule has 0 radical (unpaired) electrons. The molecule has 0 spiro atoms. The summed E-state index contributed by atoms with van der Waals surface area (Å²) in [5.41, 5.74) is 3.48. The Kier molecular flexibility index (Phi) is 6.75. The Labute approximate surface area is 204 Å². The lowest BCUT2D eigenvalue weighted by atomic mass is 10.1. The van der Waals surface area contributed by atoms with Crippen LogP contribution < -0.4 is 15.1 Å². The predicted molar refractivity (Wildman–Crippen MR) is 139 cm³/mol. The quantitative estimate of drug-likeness (QED) is 0.411. The van der Waals surface area contributed by atoms with Crippen molar-refractivity contribution in [2.24, 2.45) is 0 Å². The monoisotopic (exact) mass is 489 g/mol. The lowest BCUT2D eigenvalue weighted by Crippen LogP contribution is -2.30. The van der Waals surface area contributed by atoms with Crippen molar-refractivity contribution in [2.45, 2.75) is 25.2 Å². The van der Waals surface area contributed by atoms with Gasteiger partial charge in [0.2, 0.25) is 5.43 Å². The van der Waals surface area contributed by atoms with Crippen LogP contribution in [-0.2, 0) is 16.4 Å². The number of H-pyrrole nitrogens is 1. The second kappa shape index (κ2) is 9.76. The van der Waals surface area contributed by atoms with Gasteiger partial charge in [-0.1, -0.05) is 36.4 Å². The number of sulfonamides is 1. The van der Waals surface area contributed by atoms with Crippen LogP contribution in [0.4, 0.5) is 5.69 Å². The van der Waals surface area contributed by atoms with Gasteiger partial charge in [0.15, 0.2) is 0 Å². The van der Waals surface area contributed by atoms with Gasteiger partial charge in [0.1, 0.15) is 5.56 Å². The van der Waals surface area contributed by atoms with Crippen LogP contribution in [0.1, 0.15) is 27.0 Å². The maximum absolute atomic E-state index is 13.3. The lowest BCUT2D eigenvalue weighted by molar-refractivity contribution is 0.0953. The summed E-state index contributed by atoms with van der Waals surface area (Å²) in [5.74, 6) is -0.510. The summed E-state index contributed by atoms with van der Waals surface area (Å²) < 4.78 is 27.8. The van der Waals surface area contributed by atoms with E-state index >= 15 is 0 Å². The Morgan fingerprint density at radius 1 is 0.971 bits per heavy atom. The number of hydrogen-bond acceptors (Lipinski definition) is 4. The van der Waals surface area contributed by atoms with Crippen molar-refractivity contribution in [2.75, 3.05) is 17.9 Å². The molecule has 0 atom stereocenters. The van der Waals surface area contributed by atoms with Gasteiger partial charge in [-0.2, -0.15) is 0 Å². The van der Waals surface area contributed by atoms with Crippen molar-refractivity contribution in [3.63, 3.8) is 0 Å². The average molecular weight is 490 g/mol. The number of hydrogen-bond donors (Lipinski definition) is 2.